The van der Waals surface area contributed by atoms with Crippen LogP contribution in [-0.2, 0) is 20.1 Å². The van der Waals surface area contributed by atoms with E-state index in [2.05, 4.69) is 23.3 Å². The second-order valence-corrected chi connectivity index (χ2v) is 5.28. The maximum Gasteiger partial charge on any atom is 3.00 e. The molecule has 4 rings (SSSR count). The van der Waals surface area contributed by atoms with Crippen molar-refractivity contribution in [3.63, 3.8) is 0 Å². The van der Waals surface area contributed by atoms with Gasteiger partial charge in [-0.25, -0.2) is 5.56 Å². The van der Waals surface area contributed by atoms with Crippen molar-refractivity contribution in [2.45, 2.75) is 0 Å². The molecule has 28 heavy (non-hydrogen) atoms. The fraction of sp³-hybridized carbons (Fsp3) is 0. The van der Waals surface area contributed by atoms with Gasteiger partial charge in [0.15, 0.2) is 0 Å². The summed E-state index contributed by atoms with van der Waals surface area (Å²) in [6.07, 6.45) is 3.07. The van der Waals surface area contributed by atoms with Gasteiger partial charge in [0.05, 0.1) is 0 Å². The Morgan fingerprint density at radius 2 is 1.54 bits per heavy atom. The normalized spacial score (nSPS) is 9.86. The number of nitrogens with zero attached hydrogens (tertiary/aromatic N) is 2. The smallest absolute Gasteiger partial charge is 0.284 e. The van der Waals surface area contributed by atoms with E-state index in [-0.39, 0.29) is 31.4 Å². The summed E-state index contributed by atoms with van der Waals surface area (Å²) in [5, 5.41) is 3.80. The molecule has 1 aromatic heterocycles. The predicted octanol–water partition coefficient (Wildman–Crippen LogP) is 5.18. The zero-order chi connectivity index (χ0) is 19.2. The van der Waals surface area contributed by atoms with Gasteiger partial charge in [-0.2, -0.15) is 47.1 Å². The summed E-state index contributed by atoms with van der Waals surface area (Å²) in [7, 11) is 0. The Kier molecular flexibility index (Phi) is 7.67. The van der Waals surface area contributed by atoms with Crippen LogP contribution < -0.4 is 0 Å². The molecule has 4 aromatic rings. The summed E-state index contributed by atoms with van der Waals surface area (Å²) in [4.78, 5) is 0. The number of halogens is 4. The molecule has 0 aliphatic carbocycles. The van der Waals surface area contributed by atoms with Gasteiger partial charge in [0.2, 0.25) is 0 Å². The number of benzene rings is 3. The van der Waals surface area contributed by atoms with Crippen molar-refractivity contribution in [2.24, 2.45) is 0 Å². The van der Waals surface area contributed by atoms with Crippen LogP contribution in [0.3, 0.4) is 0 Å². The van der Waals surface area contributed by atoms with Gasteiger partial charge in [-0.1, -0.05) is 6.07 Å². The molecular weight excluding hydrogens is 548 g/mol. The number of rotatable bonds is 2. The molecule has 0 saturated carbocycles. The van der Waals surface area contributed by atoms with Gasteiger partial charge in [0.1, 0.15) is 0 Å². The van der Waals surface area contributed by atoms with E-state index in [0.717, 1.165) is 24.3 Å². The van der Waals surface area contributed by atoms with E-state index in [1.807, 2.05) is 0 Å². The van der Waals surface area contributed by atoms with Crippen LogP contribution in [-0.4, -0.2) is 9.78 Å². The quantitative estimate of drug-likeness (QED) is 0.245. The zero-order valence-corrected chi connectivity index (χ0v) is 16.5. The van der Waals surface area contributed by atoms with Crippen molar-refractivity contribution in [3.05, 3.63) is 108 Å². The Bertz CT molecular complexity index is 1020. The van der Waals surface area contributed by atoms with Crippen LogP contribution >= 0.6 is 0 Å². The molecule has 2 nitrogen and oxygen atoms in total. The Morgan fingerprint density at radius 3 is 2.11 bits per heavy atom. The van der Waals surface area contributed by atoms with Crippen LogP contribution in [0.25, 0.3) is 16.8 Å². The SMILES string of the molecule is Fc1c[c-]c(-c2[c-]cccc2)c(F)c1.Fc1c[c-]c(-n2cccn2)c(F)c1.[Ir+3]. The molecule has 3 aromatic carbocycles. The summed E-state index contributed by atoms with van der Waals surface area (Å²) in [5.74, 6) is -2.56. The first kappa shape index (κ1) is 21.5. The van der Waals surface area contributed by atoms with Crippen LogP contribution in [0, 0.1) is 41.5 Å². The standard InChI is InChI=1S/C12H6F2.C9H5F2N2.Ir/c13-10-6-7-11(12(14)8-10)9-4-2-1-3-5-9;10-7-2-3-9(8(11)6-7)13-5-1-4-12-13;/h1-4,6,8H;1-2,4-6H;/q-2;-1;+3. The van der Waals surface area contributed by atoms with E-state index in [4.69, 9.17) is 0 Å². The zero-order valence-electron chi connectivity index (χ0n) is 14.1. The molecule has 0 bridgehead atoms. The average molecular weight is 560 g/mol. The molecule has 0 N–H and O–H groups in total. The maximum atomic E-state index is 13.2. The number of aromatic nitrogens is 2. The van der Waals surface area contributed by atoms with Gasteiger partial charge < -0.3 is 0 Å². The first-order chi connectivity index (χ1) is 13.0. The van der Waals surface area contributed by atoms with Gasteiger partial charge in [0.25, 0.3) is 0 Å². The average Bonchev–Trinajstić information content (AvgIpc) is 3.17. The third kappa shape index (κ3) is 5.38. The van der Waals surface area contributed by atoms with Gasteiger partial charge in [0, 0.05) is 29.8 Å². The summed E-state index contributed by atoms with van der Waals surface area (Å²) in [6, 6.07) is 20.2. The van der Waals surface area contributed by atoms with E-state index in [0.29, 0.717) is 5.56 Å². The van der Waals surface area contributed by atoms with Crippen molar-refractivity contribution in [1.29, 1.82) is 0 Å². The molecular formula is C21H11F4IrN2. The molecule has 142 valence electrons. The Morgan fingerprint density at radius 1 is 0.821 bits per heavy atom. The maximum absolute atomic E-state index is 13.2. The number of hydrogen-bond donors (Lipinski definition) is 0. The Labute approximate surface area is 172 Å². The number of hydrogen-bond acceptors (Lipinski definition) is 1. The molecule has 0 spiro atoms. The minimum atomic E-state index is -0.677. The Hall–Kier alpha value is -2.76. The van der Waals surface area contributed by atoms with Crippen molar-refractivity contribution >= 4 is 0 Å². The second-order valence-electron chi connectivity index (χ2n) is 5.28. The molecule has 0 aliphatic rings. The molecule has 0 atom stereocenters. The molecule has 0 aliphatic heterocycles. The summed E-state index contributed by atoms with van der Waals surface area (Å²) in [5.41, 5.74) is 0.934. The topological polar surface area (TPSA) is 17.8 Å². The van der Waals surface area contributed by atoms with E-state index in [1.54, 1.807) is 36.5 Å². The molecule has 0 amide bonds. The fourth-order valence-corrected chi connectivity index (χ4v) is 2.21. The summed E-state index contributed by atoms with van der Waals surface area (Å²) in [6.45, 7) is 0. The van der Waals surface area contributed by atoms with Crippen LogP contribution in [0.5, 0.6) is 0 Å². The van der Waals surface area contributed by atoms with Crippen molar-refractivity contribution in [3.8, 4) is 16.8 Å². The minimum absolute atomic E-state index is 0. The van der Waals surface area contributed by atoms with Gasteiger partial charge in [-0.05, 0) is 17.6 Å². The summed E-state index contributed by atoms with van der Waals surface area (Å²) >= 11 is 0. The van der Waals surface area contributed by atoms with Crippen LogP contribution in [0.2, 0.25) is 0 Å². The first-order valence-corrected chi connectivity index (χ1v) is 7.75. The van der Waals surface area contributed by atoms with Crippen molar-refractivity contribution < 1.29 is 37.7 Å². The van der Waals surface area contributed by atoms with Crippen LogP contribution in [0.15, 0.2) is 67.0 Å². The third-order valence-electron chi connectivity index (χ3n) is 3.41. The monoisotopic (exact) mass is 560 g/mol. The third-order valence-corrected chi connectivity index (χ3v) is 3.41. The van der Waals surface area contributed by atoms with Crippen LogP contribution in [0.1, 0.15) is 0 Å². The first-order valence-electron chi connectivity index (χ1n) is 7.75. The molecule has 0 saturated heterocycles. The summed E-state index contributed by atoms with van der Waals surface area (Å²) < 4.78 is 52.7. The van der Waals surface area contributed by atoms with E-state index < -0.39 is 23.3 Å². The van der Waals surface area contributed by atoms with Gasteiger partial charge in [-0.15, -0.1) is 24.3 Å². The molecule has 7 heteroatoms. The van der Waals surface area contributed by atoms with Gasteiger partial charge in [-0.3, -0.25) is 22.2 Å². The van der Waals surface area contributed by atoms with Crippen LogP contribution in [0.4, 0.5) is 17.6 Å². The van der Waals surface area contributed by atoms with E-state index >= 15 is 0 Å². The van der Waals surface area contributed by atoms with Crippen molar-refractivity contribution in [2.75, 3.05) is 0 Å². The molecule has 0 fully saturated rings. The largest absolute Gasteiger partial charge is 3.00 e. The molecule has 0 unspecified atom stereocenters. The predicted molar refractivity (Wildman–Crippen MR) is 91.8 cm³/mol. The molecule has 1 heterocycles. The second kappa shape index (κ2) is 9.97. The van der Waals surface area contributed by atoms with Gasteiger partial charge >= 0.3 is 20.1 Å². The fourth-order valence-electron chi connectivity index (χ4n) is 2.21. The minimum Gasteiger partial charge on any atom is -0.284 e. The van der Waals surface area contributed by atoms with Crippen molar-refractivity contribution in [1.82, 2.24) is 9.78 Å². The van der Waals surface area contributed by atoms with E-state index in [9.17, 15) is 17.6 Å². The Balaban J connectivity index is 0.000000194. The molecule has 0 radical (unpaired) electrons. The van der Waals surface area contributed by atoms with E-state index in [1.165, 1.54) is 10.9 Å².